The molecule has 0 radical (unpaired) electrons. The second-order valence-corrected chi connectivity index (χ2v) is 7.04. The van der Waals surface area contributed by atoms with Gasteiger partial charge in [-0.1, -0.05) is 48.5 Å². The van der Waals surface area contributed by atoms with E-state index in [9.17, 15) is 19.2 Å². The fourth-order valence-corrected chi connectivity index (χ4v) is 4.12. The molecule has 150 valence electrons. The van der Waals surface area contributed by atoms with Crippen molar-refractivity contribution in [3.05, 3.63) is 81.9 Å². The highest BCUT2D eigenvalue weighted by molar-refractivity contribution is 6.29. The quantitative estimate of drug-likeness (QED) is 0.580. The van der Waals surface area contributed by atoms with Crippen molar-refractivity contribution in [1.29, 1.82) is 0 Å². The van der Waals surface area contributed by atoms with Crippen LogP contribution in [-0.4, -0.2) is 37.7 Å². The van der Waals surface area contributed by atoms with Gasteiger partial charge in [0.15, 0.2) is 11.6 Å². The molecule has 2 unspecified atom stereocenters. The van der Waals surface area contributed by atoms with Gasteiger partial charge in [0.2, 0.25) is 0 Å². The van der Waals surface area contributed by atoms with Crippen molar-refractivity contribution in [2.45, 2.75) is 11.8 Å². The van der Waals surface area contributed by atoms with Crippen LogP contribution in [0.3, 0.4) is 0 Å². The van der Waals surface area contributed by atoms with Crippen LogP contribution < -0.4 is 0 Å². The Morgan fingerprint density at radius 2 is 1.03 bits per heavy atom. The van der Waals surface area contributed by atoms with Gasteiger partial charge < -0.3 is 9.47 Å². The number of benzene rings is 2. The fourth-order valence-electron chi connectivity index (χ4n) is 4.12. The van der Waals surface area contributed by atoms with Gasteiger partial charge in [-0.25, -0.2) is 9.59 Å². The number of rotatable bonds is 3. The largest absolute Gasteiger partial charge is 0.465 e. The van der Waals surface area contributed by atoms with Gasteiger partial charge in [-0.15, -0.1) is 0 Å². The van der Waals surface area contributed by atoms with E-state index in [0.29, 0.717) is 22.3 Å². The summed E-state index contributed by atoms with van der Waals surface area (Å²) >= 11 is 0. The van der Waals surface area contributed by atoms with Crippen molar-refractivity contribution < 1.29 is 28.7 Å². The summed E-state index contributed by atoms with van der Waals surface area (Å²) in [5.74, 6) is -4.50. The summed E-state index contributed by atoms with van der Waals surface area (Å²) in [5.41, 5.74) is 2.30. The first-order valence-electron chi connectivity index (χ1n) is 9.34. The summed E-state index contributed by atoms with van der Waals surface area (Å²) in [4.78, 5) is 51.4. The van der Waals surface area contributed by atoms with E-state index in [1.165, 1.54) is 26.4 Å². The predicted octanol–water partition coefficient (Wildman–Crippen LogP) is 2.83. The Bertz CT molecular complexity index is 1060. The summed E-state index contributed by atoms with van der Waals surface area (Å²) in [7, 11) is 2.40. The molecule has 0 heterocycles. The van der Waals surface area contributed by atoms with Gasteiger partial charge in [0.25, 0.3) is 0 Å². The maximum Gasteiger partial charge on any atom is 0.341 e. The second-order valence-electron chi connectivity index (χ2n) is 7.04. The molecule has 0 fully saturated rings. The van der Waals surface area contributed by atoms with Gasteiger partial charge in [0, 0.05) is 0 Å². The Morgan fingerprint density at radius 3 is 1.40 bits per heavy atom. The van der Waals surface area contributed by atoms with E-state index in [4.69, 9.17) is 9.47 Å². The number of methoxy groups -OCH3 is 2. The van der Waals surface area contributed by atoms with E-state index in [1.54, 1.807) is 48.5 Å². The first-order valence-corrected chi connectivity index (χ1v) is 9.34. The first-order chi connectivity index (χ1) is 14.5. The highest BCUT2D eigenvalue weighted by Crippen LogP contribution is 2.45. The highest BCUT2D eigenvalue weighted by atomic mass is 16.5. The second kappa shape index (κ2) is 7.55. The molecular weight excluding hydrogens is 384 g/mol. The van der Waals surface area contributed by atoms with E-state index >= 15 is 0 Å². The third-order valence-corrected chi connectivity index (χ3v) is 5.50. The molecule has 0 aromatic heterocycles. The van der Waals surface area contributed by atoms with Crippen molar-refractivity contribution >= 4 is 35.7 Å². The minimum absolute atomic E-state index is 0.124. The normalized spacial score (nSPS) is 19.8. The smallest absolute Gasteiger partial charge is 0.341 e. The molecule has 6 nitrogen and oxygen atoms in total. The van der Waals surface area contributed by atoms with Crippen molar-refractivity contribution in [2.24, 2.45) is 0 Å². The van der Waals surface area contributed by atoms with Crippen LogP contribution in [0.25, 0.3) is 12.2 Å². The van der Waals surface area contributed by atoms with Gasteiger partial charge in [-0.3, -0.25) is 9.59 Å². The molecule has 6 heteroatoms. The average molecular weight is 402 g/mol. The molecule has 0 aliphatic heterocycles. The third kappa shape index (κ3) is 2.97. The molecule has 0 saturated carbocycles. The Labute approximate surface area is 172 Å². The topological polar surface area (TPSA) is 86.7 Å². The van der Waals surface area contributed by atoms with E-state index in [1.807, 2.05) is 0 Å². The third-order valence-electron chi connectivity index (χ3n) is 5.50. The maximum absolute atomic E-state index is 13.4. The van der Waals surface area contributed by atoms with Crippen LogP contribution in [0.1, 0.15) is 34.1 Å². The Hall–Kier alpha value is -3.80. The van der Waals surface area contributed by atoms with Crippen molar-refractivity contribution in [1.82, 2.24) is 0 Å². The maximum atomic E-state index is 13.4. The Morgan fingerprint density at radius 1 is 0.667 bits per heavy atom. The molecule has 0 spiro atoms. The lowest BCUT2D eigenvalue weighted by Crippen LogP contribution is -2.36. The van der Waals surface area contributed by atoms with Gasteiger partial charge in [-0.2, -0.15) is 0 Å². The monoisotopic (exact) mass is 402 g/mol. The summed E-state index contributed by atoms with van der Waals surface area (Å²) in [6, 6.07) is 14.2. The van der Waals surface area contributed by atoms with Crippen molar-refractivity contribution in [3.8, 4) is 0 Å². The molecule has 0 saturated heterocycles. The molecule has 2 aromatic carbocycles. The minimum Gasteiger partial charge on any atom is -0.465 e. The predicted molar refractivity (Wildman–Crippen MR) is 108 cm³/mol. The molecule has 2 aliphatic carbocycles. The summed E-state index contributed by atoms with van der Waals surface area (Å²) < 4.78 is 9.57. The summed E-state index contributed by atoms with van der Waals surface area (Å²) in [6.07, 6.45) is 2.96. The SMILES string of the molecule is COC(=O)C1=Cc2ccccc2C(C2C(=O)C(C(=O)OC)=Cc3ccccc32)C1=O. The van der Waals surface area contributed by atoms with Gasteiger partial charge in [0.05, 0.1) is 26.1 Å². The number of carbonyl (C=O) groups excluding carboxylic acids is 4. The van der Waals surface area contributed by atoms with Crippen LogP contribution in [0.15, 0.2) is 59.7 Å². The lowest BCUT2D eigenvalue weighted by atomic mass is 9.67. The Balaban J connectivity index is 1.94. The lowest BCUT2D eigenvalue weighted by Gasteiger charge is -2.33. The standard InChI is InChI=1S/C24H18O6/c1-29-23(27)17-11-13-7-3-5-9-15(13)19(21(17)25)20-16-10-6-4-8-14(16)12-18(22(20)26)24(28)30-2/h3-12,19-20H,1-2H3. The zero-order valence-electron chi connectivity index (χ0n) is 16.4. The van der Waals surface area contributed by atoms with Crippen LogP contribution >= 0.6 is 0 Å². The molecule has 2 aromatic rings. The first kappa shape index (κ1) is 19.5. The molecular formula is C24H18O6. The van der Waals surface area contributed by atoms with Crippen molar-refractivity contribution in [3.63, 3.8) is 0 Å². The average Bonchev–Trinajstić information content (AvgIpc) is 2.78. The molecule has 0 bridgehead atoms. The molecule has 2 aliphatic rings. The molecule has 0 N–H and O–H groups in total. The number of ether oxygens (including phenoxy) is 2. The van der Waals surface area contributed by atoms with Gasteiger partial charge in [-0.05, 0) is 34.4 Å². The van der Waals surface area contributed by atoms with E-state index in [-0.39, 0.29) is 11.1 Å². The summed E-state index contributed by atoms with van der Waals surface area (Å²) in [6.45, 7) is 0. The van der Waals surface area contributed by atoms with Crippen molar-refractivity contribution in [2.75, 3.05) is 14.2 Å². The lowest BCUT2D eigenvalue weighted by molar-refractivity contribution is -0.140. The van der Waals surface area contributed by atoms with Crippen LogP contribution in [-0.2, 0) is 28.7 Å². The zero-order chi connectivity index (χ0) is 21.4. The fraction of sp³-hybridized carbons (Fsp3) is 0.167. The number of fused-ring (bicyclic) bond motifs is 2. The van der Waals surface area contributed by atoms with E-state index in [2.05, 4.69) is 0 Å². The van der Waals surface area contributed by atoms with Crippen LogP contribution in [0.2, 0.25) is 0 Å². The minimum atomic E-state index is -0.970. The Kier molecular flexibility index (Phi) is 4.91. The highest BCUT2D eigenvalue weighted by Gasteiger charge is 2.46. The molecule has 30 heavy (non-hydrogen) atoms. The molecule has 0 amide bonds. The number of hydrogen-bond acceptors (Lipinski definition) is 6. The zero-order valence-corrected chi connectivity index (χ0v) is 16.4. The number of Topliss-reactive ketones (excluding diaryl/α,β-unsaturated/α-hetero) is 2. The van der Waals surface area contributed by atoms with E-state index < -0.39 is 35.3 Å². The van der Waals surface area contributed by atoms with Crippen LogP contribution in [0.5, 0.6) is 0 Å². The number of esters is 2. The molecule has 2 atom stereocenters. The summed E-state index contributed by atoms with van der Waals surface area (Å²) in [5, 5.41) is 0. The van der Waals surface area contributed by atoms with Crippen LogP contribution in [0.4, 0.5) is 0 Å². The van der Waals surface area contributed by atoms with Crippen LogP contribution in [0, 0.1) is 0 Å². The van der Waals surface area contributed by atoms with Gasteiger partial charge >= 0.3 is 11.9 Å². The number of ketones is 2. The van der Waals surface area contributed by atoms with E-state index in [0.717, 1.165) is 0 Å². The number of carbonyl (C=O) groups is 4. The van der Waals surface area contributed by atoms with Gasteiger partial charge in [0.1, 0.15) is 11.1 Å². The number of hydrogen-bond donors (Lipinski definition) is 0. The molecule has 4 rings (SSSR count).